The van der Waals surface area contributed by atoms with Crippen molar-refractivity contribution in [2.45, 2.75) is 32.0 Å². The summed E-state index contributed by atoms with van der Waals surface area (Å²) >= 11 is 0. The van der Waals surface area contributed by atoms with E-state index in [1.54, 1.807) is 30.5 Å². The van der Waals surface area contributed by atoms with E-state index in [4.69, 9.17) is 0 Å². The van der Waals surface area contributed by atoms with Crippen LogP contribution in [0.3, 0.4) is 0 Å². The smallest absolute Gasteiger partial charge is 0.249 e. The van der Waals surface area contributed by atoms with Crippen molar-refractivity contribution >= 4 is 23.4 Å². The summed E-state index contributed by atoms with van der Waals surface area (Å²) in [6.45, 7) is 1.26. The van der Waals surface area contributed by atoms with Gasteiger partial charge in [0, 0.05) is 31.9 Å². The number of aromatic nitrogens is 4. The summed E-state index contributed by atoms with van der Waals surface area (Å²) in [5.74, 6) is -2.72. The number of likely N-dealkylation sites (N-methyl/N-ethyl adjacent to an activating group) is 1. The van der Waals surface area contributed by atoms with Crippen molar-refractivity contribution in [3.8, 4) is 0 Å². The molecule has 1 atom stereocenters. The number of hydrogen-bond donors (Lipinski definition) is 1. The predicted octanol–water partition coefficient (Wildman–Crippen LogP) is 2.70. The minimum atomic E-state index is -1.49. The Balaban J connectivity index is 1.28. The highest BCUT2D eigenvalue weighted by atomic mass is 19.2. The molecule has 1 aromatic carbocycles. The molecule has 166 valence electrons. The molecule has 2 aliphatic rings. The van der Waals surface area contributed by atoms with E-state index >= 15 is 0 Å². The molecule has 1 amide bonds. The molecule has 0 radical (unpaired) electrons. The maximum Gasteiger partial charge on any atom is 0.249 e. The third-order valence-electron chi connectivity index (χ3n) is 5.78. The largest absolute Gasteiger partial charge is 0.350 e. The van der Waals surface area contributed by atoms with Crippen molar-refractivity contribution < 1.29 is 18.0 Å². The fourth-order valence-corrected chi connectivity index (χ4v) is 4.17. The zero-order chi connectivity index (χ0) is 22.4. The van der Waals surface area contributed by atoms with Gasteiger partial charge in [0.15, 0.2) is 23.3 Å². The van der Waals surface area contributed by atoms with Gasteiger partial charge in [-0.1, -0.05) is 0 Å². The number of nitrogens with one attached hydrogen (secondary N) is 1. The Morgan fingerprint density at radius 2 is 1.94 bits per heavy atom. The van der Waals surface area contributed by atoms with Crippen molar-refractivity contribution in [3.63, 3.8) is 0 Å². The third kappa shape index (κ3) is 3.53. The fraction of sp³-hybridized carbons (Fsp3) is 0.333. The van der Waals surface area contributed by atoms with E-state index in [0.29, 0.717) is 18.2 Å². The predicted molar refractivity (Wildman–Crippen MR) is 111 cm³/mol. The Labute approximate surface area is 181 Å². The molecule has 0 spiro atoms. The first-order valence-corrected chi connectivity index (χ1v) is 10.2. The second-order valence-electron chi connectivity index (χ2n) is 7.92. The highest BCUT2D eigenvalue weighted by Gasteiger charge is 2.40. The summed E-state index contributed by atoms with van der Waals surface area (Å²) in [5, 5.41) is 7.33. The quantitative estimate of drug-likeness (QED) is 0.611. The van der Waals surface area contributed by atoms with Crippen LogP contribution < -0.4 is 15.1 Å². The monoisotopic (exact) mass is 443 g/mol. The molecule has 1 saturated heterocycles. The van der Waals surface area contributed by atoms with E-state index < -0.39 is 17.5 Å². The van der Waals surface area contributed by atoms with Crippen LogP contribution in [0.2, 0.25) is 0 Å². The van der Waals surface area contributed by atoms with Crippen molar-refractivity contribution in [2.24, 2.45) is 0 Å². The lowest BCUT2D eigenvalue weighted by molar-refractivity contribution is -0.119. The van der Waals surface area contributed by atoms with E-state index in [-0.39, 0.29) is 24.1 Å². The summed E-state index contributed by atoms with van der Waals surface area (Å²) in [6, 6.07) is 1.73. The van der Waals surface area contributed by atoms with Crippen LogP contribution in [0, 0.1) is 17.5 Å². The molecule has 4 heterocycles. The molecule has 5 rings (SSSR count). The van der Waals surface area contributed by atoms with Crippen molar-refractivity contribution in [2.75, 3.05) is 28.7 Å². The molecule has 3 aromatic rings. The van der Waals surface area contributed by atoms with Crippen LogP contribution in [0.1, 0.15) is 24.0 Å². The molecule has 0 saturated carbocycles. The molecular weight excluding hydrogens is 423 g/mol. The number of halogens is 3. The molecule has 1 N–H and O–H groups in total. The van der Waals surface area contributed by atoms with Gasteiger partial charge in [0.1, 0.15) is 11.7 Å². The molecule has 32 heavy (non-hydrogen) atoms. The number of rotatable bonds is 5. The van der Waals surface area contributed by atoms with E-state index in [2.05, 4.69) is 20.4 Å². The number of fused-ring (bicyclic) bond motifs is 3. The SMILES string of the molecule is CN1C(=O)[C@H]2CCCN2c2nc(NCc3cnn(Cc4cc(F)c(F)c(F)c4)c3)ncc21. The van der Waals surface area contributed by atoms with Crippen LogP contribution in [0.4, 0.5) is 30.6 Å². The Bertz CT molecular complexity index is 1170. The maximum atomic E-state index is 13.4. The second kappa shape index (κ2) is 7.81. The highest BCUT2D eigenvalue weighted by molar-refractivity contribution is 6.04. The van der Waals surface area contributed by atoms with Gasteiger partial charge in [-0.15, -0.1) is 0 Å². The molecule has 0 unspecified atom stereocenters. The summed E-state index contributed by atoms with van der Waals surface area (Å²) in [4.78, 5) is 25.1. The van der Waals surface area contributed by atoms with Gasteiger partial charge >= 0.3 is 0 Å². The lowest BCUT2D eigenvalue weighted by Crippen LogP contribution is -2.49. The molecule has 0 aliphatic carbocycles. The minimum absolute atomic E-state index is 0.0626. The molecule has 11 heteroatoms. The van der Waals surface area contributed by atoms with Crippen LogP contribution >= 0.6 is 0 Å². The summed E-state index contributed by atoms with van der Waals surface area (Å²) < 4.78 is 41.4. The minimum Gasteiger partial charge on any atom is -0.350 e. The van der Waals surface area contributed by atoms with Crippen LogP contribution in [0.25, 0.3) is 0 Å². The Morgan fingerprint density at radius 3 is 2.72 bits per heavy atom. The van der Waals surface area contributed by atoms with Gasteiger partial charge in [0.25, 0.3) is 0 Å². The van der Waals surface area contributed by atoms with E-state index in [1.165, 1.54) is 4.68 Å². The number of benzene rings is 1. The lowest BCUT2D eigenvalue weighted by Gasteiger charge is -2.36. The molecular formula is C21H20F3N7O. The first-order valence-electron chi connectivity index (χ1n) is 10.2. The van der Waals surface area contributed by atoms with Crippen LogP contribution in [0.15, 0.2) is 30.7 Å². The normalized spacial score (nSPS) is 17.5. The van der Waals surface area contributed by atoms with Gasteiger partial charge < -0.3 is 15.1 Å². The topological polar surface area (TPSA) is 79.2 Å². The first kappa shape index (κ1) is 20.3. The number of anilines is 3. The maximum absolute atomic E-state index is 13.4. The Kier molecular flexibility index (Phi) is 4.95. The van der Waals surface area contributed by atoms with Crippen molar-refractivity contribution in [1.29, 1.82) is 0 Å². The zero-order valence-corrected chi connectivity index (χ0v) is 17.2. The second-order valence-corrected chi connectivity index (χ2v) is 7.92. The Hall–Kier alpha value is -3.63. The molecule has 2 aliphatic heterocycles. The Morgan fingerprint density at radius 1 is 1.16 bits per heavy atom. The fourth-order valence-electron chi connectivity index (χ4n) is 4.17. The average molecular weight is 443 g/mol. The molecule has 8 nitrogen and oxygen atoms in total. The molecule has 1 fully saturated rings. The van der Waals surface area contributed by atoms with Crippen molar-refractivity contribution in [3.05, 3.63) is 59.3 Å². The van der Waals surface area contributed by atoms with Crippen LogP contribution in [-0.4, -0.2) is 45.3 Å². The van der Waals surface area contributed by atoms with Gasteiger partial charge in [-0.3, -0.25) is 9.48 Å². The first-order chi connectivity index (χ1) is 15.4. The number of hydrogen-bond acceptors (Lipinski definition) is 6. The average Bonchev–Trinajstić information content (AvgIpc) is 3.44. The molecule has 2 aromatic heterocycles. The van der Waals surface area contributed by atoms with Gasteiger partial charge in [-0.2, -0.15) is 10.1 Å². The van der Waals surface area contributed by atoms with Crippen LogP contribution in [0.5, 0.6) is 0 Å². The standard InChI is InChI=1S/C21H20F3N7O/c1-29-17-9-26-21(28-19(17)31-4-2-3-16(31)20(29)32)25-7-13-8-27-30(11-13)10-12-5-14(22)18(24)15(23)6-12/h5-6,8-9,11,16H,2-4,7,10H2,1H3,(H,25,26,28)/t16-/m1/s1. The number of carbonyl (C=O) groups is 1. The van der Waals surface area contributed by atoms with E-state index in [9.17, 15) is 18.0 Å². The summed E-state index contributed by atoms with van der Waals surface area (Å²) in [7, 11) is 1.74. The van der Waals surface area contributed by atoms with E-state index in [0.717, 1.165) is 42.9 Å². The zero-order valence-electron chi connectivity index (χ0n) is 17.2. The number of amides is 1. The van der Waals surface area contributed by atoms with Gasteiger partial charge in [0.2, 0.25) is 11.9 Å². The third-order valence-corrected chi connectivity index (χ3v) is 5.78. The molecule has 0 bridgehead atoms. The number of carbonyl (C=O) groups excluding carboxylic acids is 1. The van der Waals surface area contributed by atoms with Crippen LogP contribution in [-0.2, 0) is 17.9 Å². The van der Waals surface area contributed by atoms with E-state index in [1.807, 2.05) is 4.90 Å². The summed E-state index contributed by atoms with van der Waals surface area (Å²) in [5.41, 5.74) is 1.76. The number of nitrogens with zero attached hydrogens (tertiary/aromatic N) is 6. The van der Waals surface area contributed by atoms with Gasteiger partial charge in [-0.25, -0.2) is 18.2 Å². The van der Waals surface area contributed by atoms with Gasteiger partial charge in [-0.05, 0) is 30.5 Å². The summed E-state index contributed by atoms with van der Waals surface area (Å²) in [6.07, 6.45) is 6.73. The van der Waals surface area contributed by atoms with Gasteiger partial charge in [0.05, 0.1) is 18.9 Å². The lowest BCUT2D eigenvalue weighted by atomic mass is 10.1. The van der Waals surface area contributed by atoms with Crippen molar-refractivity contribution in [1.82, 2.24) is 19.7 Å². The highest BCUT2D eigenvalue weighted by Crippen LogP contribution is 2.37.